The number of ether oxygens (including phenoxy) is 1. The molecular formula is C32H40N6O3. The van der Waals surface area contributed by atoms with Gasteiger partial charge in [0, 0.05) is 55.5 Å². The summed E-state index contributed by atoms with van der Waals surface area (Å²) in [5.74, 6) is 0.805. The topological polar surface area (TPSA) is 85.3 Å². The highest BCUT2D eigenvalue weighted by Crippen LogP contribution is 2.35. The summed E-state index contributed by atoms with van der Waals surface area (Å²) in [7, 11) is 2.15. The molecule has 216 valence electrons. The van der Waals surface area contributed by atoms with Crippen molar-refractivity contribution in [2.24, 2.45) is 0 Å². The third-order valence-corrected chi connectivity index (χ3v) is 8.91. The Labute approximate surface area is 242 Å². The minimum Gasteiger partial charge on any atom is -0.462 e. The van der Waals surface area contributed by atoms with E-state index in [-0.39, 0.29) is 18.6 Å². The van der Waals surface area contributed by atoms with E-state index in [0.717, 1.165) is 43.0 Å². The van der Waals surface area contributed by atoms with E-state index in [1.54, 1.807) is 0 Å². The number of nitrogens with zero attached hydrogens (tertiary/aromatic N) is 6. The fourth-order valence-electron chi connectivity index (χ4n) is 6.62. The van der Waals surface area contributed by atoms with Gasteiger partial charge in [0.25, 0.3) is 0 Å². The lowest BCUT2D eigenvalue weighted by atomic mass is 10.0. The summed E-state index contributed by atoms with van der Waals surface area (Å²) in [5, 5.41) is 12.2. The number of carbonyl (C=O) groups is 1. The van der Waals surface area contributed by atoms with Gasteiger partial charge in [-0.05, 0) is 56.8 Å². The number of anilines is 2. The van der Waals surface area contributed by atoms with Gasteiger partial charge >= 0.3 is 6.01 Å². The molecule has 6 rings (SSSR count). The molecule has 0 aliphatic carbocycles. The molecule has 0 saturated carbocycles. The molecular weight excluding hydrogens is 516 g/mol. The molecule has 3 aromatic rings. The van der Waals surface area contributed by atoms with Gasteiger partial charge in [-0.1, -0.05) is 43.0 Å². The molecule has 1 N–H and O–H groups in total. The van der Waals surface area contributed by atoms with Crippen molar-refractivity contribution in [3.05, 3.63) is 66.4 Å². The first-order valence-corrected chi connectivity index (χ1v) is 14.8. The maximum atomic E-state index is 12.5. The maximum Gasteiger partial charge on any atom is 0.318 e. The highest BCUT2D eigenvalue weighted by molar-refractivity contribution is 5.94. The van der Waals surface area contributed by atoms with Crippen LogP contribution in [-0.4, -0.2) is 95.9 Å². The van der Waals surface area contributed by atoms with Gasteiger partial charge < -0.3 is 29.4 Å². The minimum absolute atomic E-state index is 0.0184. The molecule has 1 amide bonds. The van der Waals surface area contributed by atoms with Gasteiger partial charge in [0.1, 0.15) is 12.4 Å². The van der Waals surface area contributed by atoms with Crippen molar-refractivity contribution < 1.29 is 14.6 Å². The zero-order chi connectivity index (χ0) is 28.3. The van der Waals surface area contributed by atoms with Crippen LogP contribution in [0.4, 0.5) is 11.5 Å². The van der Waals surface area contributed by atoms with Gasteiger partial charge in [0.2, 0.25) is 5.91 Å². The average Bonchev–Trinajstić information content (AvgIpc) is 3.43. The first-order valence-electron chi connectivity index (χ1n) is 14.8. The van der Waals surface area contributed by atoms with E-state index >= 15 is 0 Å². The number of amides is 1. The smallest absolute Gasteiger partial charge is 0.318 e. The van der Waals surface area contributed by atoms with Gasteiger partial charge in [-0.25, -0.2) is 0 Å². The maximum absolute atomic E-state index is 12.5. The minimum atomic E-state index is -0.114. The van der Waals surface area contributed by atoms with E-state index in [2.05, 4.69) is 70.8 Å². The molecule has 1 aromatic heterocycles. The van der Waals surface area contributed by atoms with Crippen molar-refractivity contribution in [3.8, 4) is 6.01 Å². The third-order valence-electron chi connectivity index (χ3n) is 8.91. The fraction of sp³-hybridized carbons (Fsp3) is 0.469. The predicted molar refractivity (Wildman–Crippen MR) is 161 cm³/mol. The molecule has 41 heavy (non-hydrogen) atoms. The number of carbonyl (C=O) groups excluding carboxylic acids is 1. The molecule has 9 nitrogen and oxygen atoms in total. The standard InChI is InChI=1S/C32H40N6O3/c1-3-30(40)38-18-17-37(20-24(38)14-19-39)31-27-13-16-36(29-12-6-9-23-8-4-5-11-26(23)29)21-28(27)33-32(34-31)41-22-25-10-7-15-35(25)2/h3-6,8-9,11-12,24-25,39H,1,7,10,13-22H2,2H3/t24?,25-/m0/s1. The quantitative estimate of drug-likeness (QED) is 0.424. The number of fused-ring (bicyclic) bond motifs is 2. The van der Waals surface area contributed by atoms with E-state index in [0.29, 0.717) is 51.3 Å². The lowest BCUT2D eigenvalue weighted by Crippen LogP contribution is -2.55. The number of rotatable bonds is 8. The summed E-state index contributed by atoms with van der Waals surface area (Å²) in [6.07, 6.45) is 4.98. The van der Waals surface area contributed by atoms with Crippen LogP contribution >= 0.6 is 0 Å². The van der Waals surface area contributed by atoms with Crippen molar-refractivity contribution in [1.29, 1.82) is 0 Å². The van der Waals surface area contributed by atoms with Crippen LogP contribution in [0.25, 0.3) is 10.8 Å². The second-order valence-corrected chi connectivity index (χ2v) is 11.4. The van der Waals surface area contributed by atoms with Crippen LogP contribution in [0.5, 0.6) is 6.01 Å². The number of aliphatic hydroxyl groups excluding tert-OH is 1. The van der Waals surface area contributed by atoms with Gasteiger partial charge in [-0.2, -0.15) is 9.97 Å². The van der Waals surface area contributed by atoms with Crippen LogP contribution in [0.1, 0.15) is 30.5 Å². The number of aromatic nitrogens is 2. The highest BCUT2D eigenvalue weighted by Gasteiger charge is 2.33. The summed E-state index contributed by atoms with van der Waals surface area (Å²) in [4.78, 5) is 31.4. The Balaban J connectivity index is 1.32. The average molecular weight is 557 g/mol. The molecule has 0 radical (unpaired) electrons. The number of piperazine rings is 1. The zero-order valence-corrected chi connectivity index (χ0v) is 23.9. The second-order valence-electron chi connectivity index (χ2n) is 11.4. The van der Waals surface area contributed by atoms with Crippen molar-refractivity contribution in [2.75, 3.05) is 62.8 Å². The first kappa shape index (κ1) is 27.5. The summed E-state index contributed by atoms with van der Waals surface area (Å²) >= 11 is 0. The molecule has 2 aromatic carbocycles. The molecule has 3 aliphatic heterocycles. The number of hydrogen-bond acceptors (Lipinski definition) is 8. The number of likely N-dealkylation sites (tertiary alicyclic amines) is 1. The predicted octanol–water partition coefficient (Wildman–Crippen LogP) is 3.25. The highest BCUT2D eigenvalue weighted by atomic mass is 16.5. The number of benzene rings is 2. The largest absolute Gasteiger partial charge is 0.462 e. The fourth-order valence-corrected chi connectivity index (χ4v) is 6.62. The normalized spacial score (nSPS) is 21.3. The Hall–Kier alpha value is -3.69. The lowest BCUT2D eigenvalue weighted by molar-refractivity contribution is -0.128. The zero-order valence-electron chi connectivity index (χ0n) is 23.9. The summed E-state index contributed by atoms with van der Waals surface area (Å²) in [5.41, 5.74) is 3.36. The van der Waals surface area contributed by atoms with Crippen molar-refractivity contribution in [3.63, 3.8) is 0 Å². The van der Waals surface area contributed by atoms with Crippen LogP contribution in [0.3, 0.4) is 0 Å². The van der Waals surface area contributed by atoms with Gasteiger partial charge in [-0.3, -0.25) is 4.79 Å². The first-order chi connectivity index (χ1) is 20.1. The van der Waals surface area contributed by atoms with Crippen molar-refractivity contribution in [2.45, 2.75) is 44.3 Å². The van der Waals surface area contributed by atoms with Gasteiger partial charge in [0.05, 0.1) is 18.3 Å². The van der Waals surface area contributed by atoms with Crippen LogP contribution in [-0.2, 0) is 17.8 Å². The van der Waals surface area contributed by atoms with E-state index in [9.17, 15) is 9.90 Å². The molecule has 1 unspecified atom stereocenters. The molecule has 0 bridgehead atoms. The molecule has 3 aliphatic rings. The van der Waals surface area contributed by atoms with Crippen LogP contribution in [0, 0.1) is 0 Å². The third kappa shape index (κ3) is 5.61. The molecule has 2 saturated heterocycles. The van der Waals surface area contributed by atoms with E-state index in [1.807, 2.05) is 4.90 Å². The van der Waals surface area contributed by atoms with Crippen molar-refractivity contribution >= 4 is 28.2 Å². The molecule has 0 spiro atoms. The van der Waals surface area contributed by atoms with Crippen LogP contribution in [0.2, 0.25) is 0 Å². The summed E-state index contributed by atoms with van der Waals surface area (Å²) in [6, 6.07) is 15.7. The van der Waals surface area contributed by atoms with Crippen LogP contribution in [0.15, 0.2) is 55.1 Å². The van der Waals surface area contributed by atoms with Crippen LogP contribution < -0.4 is 14.5 Å². The van der Waals surface area contributed by atoms with Gasteiger partial charge in [0.15, 0.2) is 0 Å². The lowest BCUT2D eigenvalue weighted by Gasteiger charge is -2.42. The Morgan fingerprint density at radius 2 is 1.93 bits per heavy atom. The Morgan fingerprint density at radius 3 is 2.73 bits per heavy atom. The Bertz CT molecular complexity index is 1410. The second kappa shape index (κ2) is 12.0. The van der Waals surface area contributed by atoms with E-state index in [1.165, 1.54) is 29.0 Å². The molecule has 4 heterocycles. The Morgan fingerprint density at radius 1 is 1.07 bits per heavy atom. The number of aliphatic hydroxyl groups is 1. The molecule has 2 atom stereocenters. The van der Waals surface area contributed by atoms with Gasteiger partial charge in [-0.15, -0.1) is 0 Å². The van der Waals surface area contributed by atoms with Crippen molar-refractivity contribution in [1.82, 2.24) is 19.8 Å². The monoisotopic (exact) mass is 556 g/mol. The summed E-state index contributed by atoms with van der Waals surface area (Å²) < 4.78 is 6.29. The molecule has 2 fully saturated rings. The van der Waals surface area contributed by atoms with E-state index in [4.69, 9.17) is 14.7 Å². The number of hydrogen-bond donors (Lipinski definition) is 1. The Kier molecular flexibility index (Phi) is 8.07. The van der Waals surface area contributed by atoms with E-state index < -0.39 is 0 Å². The molecule has 9 heteroatoms. The number of likely N-dealkylation sites (N-methyl/N-ethyl adjacent to an activating group) is 1. The summed E-state index contributed by atoms with van der Waals surface area (Å²) in [6.45, 7) is 8.69. The SMILES string of the molecule is C=CC(=O)N1CCN(c2nc(OC[C@@H]3CCCN3C)nc3c2CCN(c2cccc4ccccc24)C3)CC1CCO.